The van der Waals surface area contributed by atoms with E-state index in [4.69, 9.17) is 5.26 Å². The summed E-state index contributed by atoms with van der Waals surface area (Å²) in [6, 6.07) is 7.63. The minimum atomic E-state index is -4.87. The molecule has 146 valence electrons. The third kappa shape index (κ3) is 3.72. The number of carbonyl (C=O) groups is 1. The normalized spacial score (nSPS) is 14.1. The van der Waals surface area contributed by atoms with E-state index in [9.17, 15) is 26.4 Å². The van der Waals surface area contributed by atoms with Crippen molar-refractivity contribution in [1.29, 1.82) is 5.26 Å². The zero-order valence-electron chi connectivity index (χ0n) is 14.3. The summed E-state index contributed by atoms with van der Waals surface area (Å²) >= 11 is 0. The van der Waals surface area contributed by atoms with Crippen molar-refractivity contribution in [3.8, 4) is 6.07 Å². The molecule has 0 saturated carbocycles. The molecule has 1 aliphatic heterocycles. The highest BCUT2D eigenvalue weighted by Crippen LogP contribution is 2.34. The Balaban J connectivity index is 1.94. The number of benzene rings is 2. The second-order valence-corrected chi connectivity index (χ2v) is 7.76. The Morgan fingerprint density at radius 2 is 1.93 bits per heavy atom. The molecule has 0 fully saturated rings. The number of urea groups is 1. The van der Waals surface area contributed by atoms with Crippen LogP contribution in [-0.4, -0.2) is 26.4 Å². The van der Waals surface area contributed by atoms with E-state index in [0.717, 1.165) is 12.1 Å². The van der Waals surface area contributed by atoms with Crippen LogP contribution < -0.4 is 10.0 Å². The van der Waals surface area contributed by atoms with Gasteiger partial charge < -0.3 is 10.2 Å². The van der Waals surface area contributed by atoms with Crippen molar-refractivity contribution in [1.82, 2.24) is 4.90 Å². The van der Waals surface area contributed by atoms with Crippen LogP contribution in [-0.2, 0) is 22.7 Å². The van der Waals surface area contributed by atoms with Crippen LogP contribution in [0.1, 0.15) is 16.7 Å². The van der Waals surface area contributed by atoms with Gasteiger partial charge in [-0.3, -0.25) is 4.72 Å². The van der Waals surface area contributed by atoms with E-state index < -0.39 is 32.2 Å². The number of nitrogens with zero attached hydrogens (tertiary/aromatic N) is 2. The highest BCUT2D eigenvalue weighted by molar-refractivity contribution is 7.92. The molecule has 0 aromatic heterocycles. The number of sulfonamides is 1. The number of hydrogen-bond donors (Lipinski definition) is 2. The van der Waals surface area contributed by atoms with Gasteiger partial charge in [0, 0.05) is 25.0 Å². The Labute approximate surface area is 158 Å². The molecule has 3 rings (SSSR count). The van der Waals surface area contributed by atoms with Crippen LogP contribution in [0.3, 0.4) is 0 Å². The summed E-state index contributed by atoms with van der Waals surface area (Å²) in [5, 5.41) is 11.4. The van der Waals surface area contributed by atoms with E-state index in [1.54, 1.807) is 7.05 Å². The Morgan fingerprint density at radius 3 is 2.57 bits per heavy atom. The first-order valence-electron chi connectivity index (χ1n) is 7.80. The van der Waals surface area contributed by atoms with Crippen molar-refractivity contribution in [2.75, 3.05) is 17.1 Å². The molecule has 11 heteroatoms. The van der Waals surface area contributed by atoms with E-state index in [1.807, 2.05) is 0 Å². The van der Waals surface area contributed by atoms with Crippen LogP contribution in [0.25, 0.3) is 0 Å². The lowest BCUT2D eigenvalue weighted by atomic mass is 10.1. The summed E-state index contributed by atoms with van der Waals surface area (Å²) in [5.74, 6) is 0. The van der Waals surface area contributed by atoms with Crippen molar-refractivity contribution in [3.63, 3.8) is 0 Å². The molecule has 0 radical (unpaired) electrons. The van der Waals surface area contributed by atoms with Crippen molar-refractivity contribution in [3.05, 3.63) is 53.1 Å². The van der Waals surface area contributed by atoms with Gasteiger partial charge in [-0.15, -0.1) is 0 Å². The average molecular weight is 410 g/mol. The van der Waals surface area contributed by atoms with Gasteiger partial charge in [-0.25, -0.2) is 13.2 Å². The van der Waals surface area contributed by atoms with Gasteiger partial charge >= 0.3 is 12.2 Å². The van der Waals surface area contributed by atoms with Gasteiger partial charge in [-0.1, -0.05) is 0 Å². The van der Waals surface area contributed by atoms with Gasteiger partial charge in [0.1, 0.15) is 0 Å². The molecule has 0 spiro atoms. The van der Waals surface area contributed by atoms with Crippen LogP contribution in [0.4, 0.5) is 29.3 Å². The molecule has 0 aliphatic carbocycles. The second-order valence-electron chi connectivity index (χ2n) is 6.08. The van der Waals surface area contributed by atoms with Crippen molar-refractivity contribution >= 4 is 27.4 Å². The molecule has 2 amide bonds. The molecule has 1 aliphatic rings. The zero-order chi connectivity index (χ0) is 20.7. The van der Waals surface area contributed by atoms with Gasteiger partial charge in [0.15, 0.2) is 0 Å². The second kappa shape index (κ2) is 6.72. The van der Waals surface area contributed by atoms with Crippen molar-refractivity contribution in [2.24, 2.45) is 0 Å². The van der Waals surface area contributed by atoms with E-state index in [1.165, 1.54) is 29.2 Å². The van der Waals surface area contributed by atoms with Crippen molar-refractivity contribution in [2.45, 2.75) is 17.6 Å². The first-order valence-corrected chi connectivity index (χ1v) is 9.29. The highest BCUT2D eigenvalue weighted by Gasteiger charge is 2.35. The third-order valence-corrected chi connectivity index (χ3v) is 5.46. The third-order valence-electron chi connectivity index (χ3n) is 4.08. The molecule has 0 atom stereocenters. The first kappa shape index (κ1) is 19.5. The molecule has 7 nitrogen and oxygen atoms in total. The Morgan fingerprint density at radius 1 is 1.21 bits per heavy atom. The largest absolute Gasteiger partial charge is 0.417 e. The average Bonchev–Trinajstić information content (AvgIpc) is 2.61. The number of carbonyl (C=O) groups excluding carboxylic acids is 1. The number of nitrogens with one attached hydrogen (secondary N) is 2. The summed E-state index contributed by atoms with van der Waals surface area (Å²) in [6.07, 6.45) is -4.87. The number of amides is 2. The van der Waals surface area contributed by atoms with Crippen LogP contribution in [0, 0.1) is 11.3 Å². The smallest absolute Gasteiger partial charge is 0.323 e. The monoisotopic (exact) mass is 410 g/mol. The summed E-state index contributed by atoms with van der Waals surface area (Å²) in [7, 11) is -2.77. The molecule has 1 heterocycles. The Hall–Kier alpha value is -3.26. The van der Waals surface area contributed by atoms with Crippen LogP contribution in [0.2, 0.25) is 0 Å². The van der Waals surface area contributed by atoms with Crippen LogP contribution in [0.5, 0.6) is 0 Å². The van der Waals surface area contributed by atoms with E-state index >= 15 is 0 Å². The number of alkyl halides is 3. The number of rotatable bonds is 3. The number of halogens is 3. The number of nitriles is 1. The lowest BCUT2D eigenvalue weighted by molar-refractivity contribution is -0.137. The van der Waals surface area contributed by atoms with Crippen LogP contribution >= 0.6 is 0 Å². The summed E-state index contributed by atoms with van der Waals surface area (Å²) in [6.45, 7) is 0.242. The van der Waals surface area contributed by atoms with Gasteiger partial charge in [0.2, 0.25) is 0 Å². The maximum absolute atomic E-state index is 13.1. The Kier molecular flexibility index (Phi) is 4.68. The van der Waals surface area contributed by atoms with E-state index in [0.29, 0.717) is 17.3 Å². The SMILES string of the molecule is CN1Cc2cc(NS(=O)(=O)c3ccc(C#N)c(C(F)(F)F)c3)ccc2NC1=O. The van der Waals surface area contributed by atoms with Gasteiger partial charge in [0.05, 0.1) is 22.1 Å². The summed E-state index contributed by atoms with van der Waals surface area (Å²) in [4.78, 5) is 12.4. The highest BCUT2D eigenvalue weighted by atomic mass is 32.2. The van der Waals surface area contributed by atoms with Gasteiger partial charge in [-0.05, 0) is 42.0 Å². The number of anilines is 2. The van der Waals surface area contributed by atoms with E-state index in [-0.39, 0.29) is 18.3 Å². The van der Waals surface area contributed by atoms with Gasteiger partial charge in [-0.2, -0.15) is 18.4 Å². The quantitative estimate of drug-likeness (QED) is 0.810. The zero-order valence-corrected chi connectivity index (χ0v) is 15.1. The number of fused-ring (bicyclic) bond motifs is 1. The molecule has 0 bridgehead atoms. The summed E-state index contributed by atoms with van der Waals surface area (Å²) < 4.78 is 66.5. The molecule has 28 heavy (non-hydrogen) atoms. The standard InChI is InChI=1S/C17H13F3N4O3S/c1-24-9-11-6-12(3-5-15(11)22-16(24)25)23-28(26,27)13-4-2-10(8-21)14(7-13)17(18,19)20/h2-7,23H,9H2,1H3,(H,22,25). The first-order chi connectivity index (χ1) is 13.0. The van der Waals surface area contributed by atoms with E-state index in [2.05, 4.69) is 10.0 Å². The van der Waals surface area contributed by atoms with Gasteiger partial charge in [0.25, 0.3) is 10.0 Å². The maximum atomic E-state index is 13.1. The molecule has 2 aromatic carbocycles. The fourth-order valence-electron chi connectivity index (χ4n) is 2.68. The molecule has 0 unspecified atom stereocenters. The molecular formula is C17H13F3N4O3S. The van der Waals surface area contributed by atoms with Crippen LogP contribution in [0.15, 0.2) is 41.3 Å². The van der Waals surface area contributed by atoms with Crippen molar-refractivity contribution < 1.29 is 26.4 Å². The fraction of sp³-hybridized carbons (Fsp3) is 0.176. The number of hydrogen-bond acceptors (Lipinski definition) is 4. The minimum absolute atomic E-state index is 0.126. The molecule has 0 saturated heterocycles. The Bertz CT molecular complexity index is 1110. The predicted molar refractivity (Wildman–Crippen MR) is 93.9 cm³/mol. The molecular weight excluding hydrogens is 397 g/mol. The minimum Gasteiger partial charge on any atom is -0.323 e. The lowest BCUT2D eigenvalue weighted by Gasteiger charge is -2.26. The summed E-state index contributed by atoms with van der Waals surface area (Å²) in [5.41, 5.74) is -0.713. The predicted octanol–water partition coefficient (Wildman–Crippen LogP) is 3.36. The maximum Gasteiger partial charge on any atom is 0.417 e. The molecule has 2 N–H and O–H groups in total. The fourth-order valence-corrected chi connectivity index (χ4v) is 3.76. The molecule has 2 aromatic rings. The lowest BCUT2D eigenvalue weighted by Crippen LogP contribution is -2.35. The topological polar surface area (TPSA) is 102 Å².